The van der Waals surface area contributed by atoms with Crippen LogP contribution in [0.25, 0.3) is 0 Å². The van der Waals surface area contributed by atoms with Crippen molar-refractivity contribution in [2.75, 3.05) is 49.5 Å². The van der Waals surface area contributed by atoms with Gasteiger partial charge in [0.2, 0.25) is 10.0 Å². The number of benzene rings is 1. The molecular weight excluding hydrogens is 436 g/mol. The monoisotopic (exact) mass is 462 g/mol. The first kappa shape index (κ1) is 23.4. The number of pyridine rings is 1. The number of nitrogens with one attached hydrogen (secondary N) is 1. The van der Waals surface area contributed by atoms with Gasteiger partial charge in [0.15, 0.2) is 0 Å². The second-order valence-corrected chi connectivity index (χ2v) is 9.08. The number of nitro groups is 1. The molecule has 1 aromatic heterocycles. The number of anilines is 2. The second-order valence-electron chi connectivity index (χ2n) is 7.14. The summed E-state index contributed by atoms with van der Waals surface area (Å²) >= 11 is 0. The lowest BCUT2D eigenvalue weighted by Gasteiger charge is -2.35. The number of carbonyl (C=O) groups excluding carboxylic acids is 1. The van der Waals surface area contributed by atoms with E-state index in [9.17, 15) is 23.3 Å². The van der Waals surface area contributed by atoms with Crippen LogP contribution in [0.4, 0.5) is 21.9 Å². The van der Waals surface area contributed by atoms with Crippen LogP contribution in [0.3, 0.4) is 0 Å². The van der Waals surface area contributed by atoms with Crippen LogP contribution in [0, 0.1) is 10.1 Å². The number of nitrogens with zero attached hydrogens (tertiary/aromatic N) is 5. The highest BCUT2D eigenvalue weighted by Gasteiger charge is 2.29. The Kier molecular flexibility index (Phi) is 7.26. The molecular formula is C20H26N6O5S. The third-order valence-corrected chi connectivity index (χ3v) is 7.37. The minimum absolute atomic E-state index is 0.105. The molecule has 2 amide bonds. The minimum Gasteiger partial charge on any atom is -0.362 e. The standard InChI is InChI=1S/C20H26N6O5S/c1-3-25(4-2)32(30,31)17-5-6-18(19(15-17)26(28)29)23-11-13-24(14-12-23)20(27)22-16-7-9-21-10-8-16/h5-10,15H,3-4,11-14H2,1-2H3,(H,21,22,27). The van der Waals surface area contributed by atoms with Gasteiger partial charge in [-0.1, -0.05) is 13.8 Å². The summed E-state index contributed by atoms with van der Waals surface area (Å²) < 4.78 is 26.8. The lowest BCUT2D eigenvalue weighted by molar-refractivity contribution is -0.384. The molecule has 0 saturated carbocycles. The summed E-state index contributed by atoms with van der Waals surface area (Å²) in [5, 5.41) is 14.5. The van der Waals surface area contributed by atoms with Crippen LogP contribution >= 0.6 is 0 Å². The Morgan fingerprint density at radius 1 is 1.12 bits per heavy atom. The van der Waals surface area contributed by atoms with Crippen molar-refractivity contribution in [1.82, 2.24) is 14.2 Å². The van der Waals surface area contributed by atoms with Crippen molar-refractivity contribution in [3.05, 3.63) is 52.8 Å². The zero-order valence-corrected chi connectivity index (χ0v) is 18.8. The van der Waals surface area contributed by atoms with E-state index in [-0.39, 0.29) is 29.7 Å². The molecule has 0 unspecified atom stereocenters. The number of sulfonamides is 1. The summed E-state index contributed by atoms with van der Waals surface area (Å²) in [6, 6.07) is 7.10. The molecule has 0 bridgehead atoms. The van der Waals surface area contributed by atoms with Gasteiger partial charge in [-0.3, -0.25) is 15.1 Å². The lowest BCUT2D eigenvalue weighted by atomic mass is 10.2. The number of urea groups is 1. The van der Waals surface area contributed by atoms with Crippen LogP contribution in [-0.2, 0) is 10.0 Å². The first-order valence-electron chi connectivity index (χ1n) is 10.3. The molecule has 1 aromatic carbocycles. The lowest BCUT2D eigenvalue weighted by Crippen LogP contribution is -2.50. The fraction of sp³-hybridized carbons (Fsp3) is 0.400. The predicted molar refractivity (Wildman–Crippen MR) is 120 cm³/mol. The smallest absolute Gasteiger partial charge is 0.321 e. The van der Waals surface area contributed by atoms with Gasteiger partial charge >= 0.3 is 6.03 Å². The molecule has 1 fully saturated rings. The Bertz CT molecular complexity index is 1070. The summed E-state index contributed by atoms with van der Waals surface area (Å²) in [6.07, 6.45) is 3.16. The first-order chi connectivity index (χ1) is 15.3. The molecule has 2 aromatic rings. The fourth-order valence-corrected chi connectivity index (χ4v) is 5.06. The molecule has 3 rings (SSSR count). The quantitative estimate of drug-likeness (QED) is 0.494. The molecule has 32 heavy (non-hydrogen) atoms. The molecule has 0 aliphatic carbocycles. The Balaban J connectivity index is 1.75. The van der Waals surface area contributed by atoms with Crippen molar-refractivity contribution in [3.8, 4) is 0 Å². The van der Waals surface area contributed by atoms with Gasteiger partial charge in [-0.15, -0.1) is 0 Å². The maximum absolute atomic E-state index is 12.8. The largest absolute Gasteiger partial charge is 0.362 e. The van der Waals surface area contributed by atoms with Gasteiger partial charge in [-0.25, -0.2) is 13.2 Å². The molecule has 1 aliphatic rings. The van der Waals surface area contributed by atoms with E-state index < -0.39 is 14.9 Å². The molecule has 0 atom stereocenters. The normalized spacial score (nSPS) is 14.5. The van der Waals surface area contributed by atoms with Crippen LogP contribution in [0.15, 0.2) is 47.6 Å². The number of hydrogen-bond donors (Lipinski definition) is 1. The third kappa shape index (κ3) is 4.97. The summed E-state index contributed by atoms with van der Waals surface area (Å²) in [7, 11) is -3.81. The van der Waals surface area contributed by atoms with Gasteiger partial charge in [0.25, 0.3) is 5.69 Å². The molecule has 0 radical (unpaired) electrons. The molecule has 11 nitrogen and oxygen atoms in total. The zero-order valence-electron chi connectivity index (χ0n) is 18.0. The number of aromatic nitrogens is 1. The predicted octanol–water partition coefficient (Wildman–Crippen LogP) is 2.37. The van der Waals surface area contributed by atoms with E-state index in [1.54, 1.807) is 48.2 Å². The first-order valence-corrected chi connectivity index (χ1v) is 11.7. The van der Waals surface area contributed by atoms with E-state index >= 15 is 0 Å². The van der Waals surface area contributed by atoms with E-state index in [2.05, 4.69) is 10.3 Å². The summed E-state index contributed by atoms with van der Waals surface area (Å²) in [4.78, 5) is 30.8. The van der Waals surface area contributed by atoms with Crippen LogP contribution < -0.4 is 10.2 Å². The second kappa shape index (κ2) is 9.92. The molecule has 2 heterocycles. The Morgan fingerprint density at radius 2 is 1.75 bits per heavy atom. The summed E-state index contributed by atoms with van der Waals surface area (Å²) in [5.74, 6) is 0. The van der Waals surface area contributed by atoms with Crippen molar-refractivity contribution in [2.45, 2.75) is 18.7 Å². The summed E-state index contributed by atoms with van der Waals surface area (Å²) in [5.41, 5.74) is 0.698. The molecule has 1 saturated heterocycles. The van der Waals surface area contributed by atoms with Crippen LogP contribution in [0.2, 0.25) is 0 Å². The van der Waals surface area contributed by atoms with Crippen molar-refractivity contribution in [3.63, 3.8) is 0 Å². The number of amides is 2. The summed E-state index contributed by atoms with van der Waals surface area (Å²) in [6.45, 7) is 5.48. The van der Waals surface area contributed by atoms with E-state index in [0.29, 0.717) is 37.6 Å². The highest BCUT2D eigenvalue weighted by molar-refractivity contribution is 7.89. The molecule has 1 aliphatic heterocycles. The number of carbonyl (C=O) groups is 1. The molecule has 172 valence electrons. The van der Waals surface area contributed by atoms with E-state index in [0.717, 1.165) is 6.07 Å². The Labute approximate surface area is 186 Å². The van der Waals surface area contributed by atoms with Gasteiger partial charge in [0.1, 0.15) is 5.69 Å². The third-order valence-electron chi connectivity index (χ3n) is 5.33. The molecule has 0 spiro atoms. The minimum atomic E-state index is -3.81. The number of piperazine rings is 1. The van der Waals surface area contributed by atoms with E-state index in [4.69, 9.17) is 0 Å². The van der Waals surface area contributed by atoms with E-state index in [1.807, 2.05) is 0 Å². The zero-order chi connectivity index (χ0) is 23.3. The van der Waals surface area contributed by atoms with Gasteiger partial charge < -0.3 is 15.1 Å². The van der Waals surface area contributed by atoms with Gasteiger partial charge in [0, 0.05) is 63.4 Å². The van der Waals surface area contributed by atoms with Crippen molar-refractivity contribution in [1.29, 1.82) is 0 Å². The van der Waals surface area contributed by atoms with E-state index in [1.165, 1.54) is 16.4 Å². The average molecular weight is 463 g/mol. The average Bonchev–Trinajstić information content (AvgIpc) is 2.80. The number of nitro benzene ring substituents is 1. The van der Waals surface area contributed by atoms with Gasteiger partial charge in [0.05, 0.1) is 9.82 Å². The van der Waals surface area contributed by atoms with Crippen molar-refractivity contribution < 1.29 is 18.1 Å². The van der Waals surface area contributed by atoms with Crippen LogP contribution in [0.1, 0.15) is 13.8 Å². The molecule has 12 heteroatoms. The highest BCUT2D eigenvalue weighted by Crippen LogP contribution is 2.32. The van der Waals surface area contributed by atoms with Crippen LogP contribution in [0.5, 0.6) is 0 Å². The SMILES string of the molecule is CCN(CC)S(=O)(=O)c1ccc(N2CCN(C(=O)Nc3ccncc3)CC2)c([N+](=O)[O-])c1. The Morgan fingerprint density at radius 3 is 2.31 bits per heavy atom. The van der Waals surface area contributed by atoms with Crippen LogP contribution in [-0.4, -0.2) is 72.8 Å². The number of rotatable bonds is 7. The maximum atomic E-state index is 12.8. The van der Waals surface area contributed by atoms with Gasteiger partial charge in [-0.05, 0) is 24.3 Å². The highest BCUT2D eigenvalue weighted by atomic mass is 32.2. The fourth-order valence-electron chi connectivity index (χ4n) is 3.58. The molecule has 1 N–H and O–H groups in total. The van der Waals surface area contributed by atoms with Crippen molar-refractivity contribution >= 4 is 33.1 Å². The van der Waals surface area contributed by atoms with Gasteiger partial charge in [-0.2, -0.15) is 4.31 Å². The van der Waals surface area contributed by atoms with Crippen molar-refractivity contribution in [2.24, 2.45) is 0 Å². The maximum Gasteiger partial charge on any atom is 0.321 e. The number of hydrogen-bond acceptors (Lipinski definition) is 7. The Hall–Kier alpha value is -3.25. The topological polar surface area (TPSA) is 129 Å².